The monoisotopic (exact) mass is 342 g/mol. The van der Waals surface area contributed by atoms with Crippen molar-refractivity contribution >= 4 is 11.6 Å². The van der Waals surface area contributed by atoms with Crippen LogP contribution in [-0.4, -0.2) is 11.6 Å². The highest BCUT2D eigenvalue weighted by Crippen LogP contribution is 2.61. The van der Waals surface area contributed by atoms with Gasteiger partial charge >= 0.3 is 0 Å². The lowest BCUT2D eigenvalue weighted by molar-refractivity contribution is -0.738. The number of carbonyl (C=O) groups excluding carboxylic acids is 2. The lowest BCUT2D eigenvalue weighted by atomic mass is 9.55. The van der Waals surface area contributed by atoms with Crippen LogP contribution in [0.25, 0.3) is 0 Å². The van der Waals surface area contributed by atoms with E-state index >= 15 is 0 Å². The zero-order chi connectivity index (χ0) is 17.2. The molecule has 1 saturated carbocycles. The summed E-state index contributed by atoms with van der Waals surface area (Å²) in [6.45, 7) is 0. The number of ketones is 2. The van der Waals surface area contributed by atoms with Crippen molar-refractivity contribution in [3.63, 3.8) is 0 Å². The molecule has 0 saturated heterocycles. The minimum absolute atomic E-state index is 0.0479. The molecule has 2 aliphatic heterocycles. The highest BCUT2D eigenvalue weighted by Gasteiger charge is 2.65. The quantitative estimate of drug-likeness (QED) is 0.537. The van der Waals surface area contributed by atoms with Crippen molar-refractivity contribution in [2.75, 3.05) is 0 Å². The number of nitrogens with zero attached hydrogens (tertiary/aromatic N) is 1. The lowest BCUT2D eigenvalue weighted by Crippen LogP contribution is -2.62. The number of Topliss-reactive ketones (excluding diaryl/α,β-unsaturated/α-hetero) is 2. The summed E-state index contributed by atoms with van der Waals surface area (Å²) in [4.78, 5) is 27.4. The van der Waals surface area contributed by atoms with Crippen LogP contribution in [0, 0.1) is 35.5 Å². The van der Waals surface area contributed by atoms with Crippen LogP contribution in [-0.2, 0) is 9.59 Å². The van der Waals surface area contributed by atoms with E-state index in [0.717, 1.165) is 24.0 Å². The Balaban J connectivity index is 1.50. The highest BCUT2D eigenvalue weighted by molar-refractivity contribution is 6.16. The van der Waals surface area contributed by atoms with Gasteiger partial charge in [0, 0.05) is 41.4 Å². The number of fused-ring (bicyclic) bond motifs is 5. The van der Waals surface area contributed by atoms with Crippen LogP contribution in [0.2, 0.25) is 0 Å². The van der Waals surface area contributed by atoms with Gasteiger partial charge < -0.3 is 0 Å². The third-order valence-corrected chi connectivity index (χ3v) is 8.09. The zero-order valence-corrected chi connectivity index (χ0v) is 14.4. The Hall–Kier alpha value is -2.29. The molecule has 1 aromatic heterocycles. The topological polar surface area (TPSA) is 38.0 Å². The molecule has 128 valence electrons. The number of allylic oxidation sites excluding steroid dienone is 6. The summed E-state index contributed by atoms with van der Waals surface area (Å²) in [5.74, 6) is 1.87. The number of carbonyl (C=O) groups is 2. The molecule has 0 amide bonds. The van der Waals surface area contributed by atoms with Gasteiger partial charge in [0.1, 0.15) is 0 Å². The van der Waals surface area contributed by atoms with Gasteiger partial charge in [0.05, 0.1) is 11.5 Å². The van der Waals surface area contributed by atoms with E-state index in [1.54, 1.807) is 0 Å². The fraction of sp³-hybridized carbons (Fsp3) is 0.435. The molecule has 7 aliphatic rings. The van der Waals surface area contributed by atoms with Gasteiger partial charge in [-0.15, -0.1) is 0 Å². The van der Waals surface area contributed by atoms with E-state index in [9.17, 15) is 9.59 Å². The first kappa shape index (κ1) is 13.9. The summed E-state index contributed by atoms with van der Waals surface area (Å²) in [7, 11) is 0. The Morgan fingerprint density at radius 2 is 1.69 bits per heavy atom. The SMILES string of the molecule is O=C1C2=C(C(=O)C3C4C=CC(C4)C13)C1C3CC=CC3C2c2cccc[n+]21. The van der Waals surface area contributed by atoms with Crippen LogP contribution in [0.4, 0.5) is 0 Å². The molecule has 3 nitrogen and oxygen atoms in total. The first-order valence-corrected chi connectivity index (χ1v) is 9.93. The second-order valence-corrected chi connectivity index (χ2v) is 8.92. The molecule has 4 bridgehead atoms. The summed E-state index contributed by atoms with van der Waals surface area (Å²) in [5, 5.41) is 0. The average Bonchev–Trinajstić information content (AvgIpc) is 3.40. The van der Waals surface area contributed by atoms with E-state index in [0.29, 0.717) is 23.4 Å². The van der Waals surface area contributed by atoms with Crippen molar-refractivity contribution < 1.29 is 14.2 Å². The van der Waals surface area contributed by atoms with Crippen molar-refractivity contribution in [3.05, 3.63) is 65.5 Å². The van der Waals surface area contributed by atoms with Crippen molar-refractivity contribution in [1.82, 2.24) is 0 Å². The van der Waals surface area contributed by atoms with Crippen molar-refractivity contribution in [2.24, 2.45) is 35.5 Å². The van der Waals surface area contributed by atoms with E-state index < -0.39 is 0 Å². The first-order chi connectivity index (χ1) is 12.8. The third kappa shape index (κ3) is 1.33. The summed E-state index contributed by atoms with van der Waals surface area (Å²) < 4.78 is 2.31. The molecular weight excluding hydrogens is 322 g/mol. The summed E-state index contributed by atoms with van der Waals surface area (Å²) in [6, 6.07) is 6.33. The average molecular weight is 342 g/mol. The lowest BCUT2D eigenvalue weighted by Gasteiger charge is -2.47. The third-order valence-electron chi connectivity index (χ3n) is 8.09. The van der Waals surface area contributed by atoms with E-state index in [-0.39, 0.29) is 35.6 Å². The summed E-state index contributed by atoms with van der Waals surface area (Å²) in [6.07, 6.45) is 13.1. The fourth-order valence-electron chi connectivity index (χ4n) is 7.26. The second kappa shape index (κ2) is 4.33. The largest absolute Gasteiger partial charge is 0.294 e. The summed E-state index contributed by atoms with van der Waals surface area (Å²) >= 11 is 0. The molecule has 8 atom stereocenters. The maximum Gasteiger partial charge on any atom is 0.191 e. The van der Waals surface area contributed by atoms with Gasteiger partial charge in [-0.3, -0.25) is 9.59 Å². The van der Waals surface area contributed by atoms with Crippen LogP contribution in [0.5, 0.6) is 0 Å². The van der Waals surface area contributed by atoms with Crippen LogP contribution in [0.3, 0.4) is 0 Å². The Labute approximate surface area is 152 Å². The fourth-order valence-corrected chi connectivity index (χ4v) is 7.26. The Morgan fingerprint density at radius 1 is 0.923 bits per heavy atom. The number of pyridine rings is 1. The van der Waals surface area contributed by atoms with Gasteiger partial charge in [0.2, 0.25) is 0 Å². The Morgan fingerprint density at radius 3 is 2.50 bits per heavy atom. The zero-order valence-electron chi connectivity index (χ0n) is 14.4. The molecule has 3 heteroatoms. The molecule has 0 N–H and O–H groups in total. The molecule has 5 aliphatic carbocycles. The van der Waals surface area contributed by atoms with Crippen molar-refractivity contribution in [2.45, 2.75) is 24.8 Å². The second-order valence-electron chi connectivity index (χ2n) is 8.92. The molecule has 8 rings (SSSR count). The van der Waals surface area contributed by atoms with E-state index in [1.165, 1.54) is 5.69 Å². The molecule has 26 heavy (non-hydrogen) atoms. The molecule has 8 unspecified atom stereocenters. The maximum absolute atomic E-state index is 13.7. The van der Waals surface area contributed by atoms with Crippen LogP contribution >= 0.6 is 0 Å². The minimum Gasteiger partial charge on any atom is -0.294 e. The molecule has 3 heterocycles. The number of rotatable bonds is 0. The molecule has 1 aromatic rings. The normalized spacial score (nSPS) is 45.8. The molecule has 0 radical (unpaired) electrons. The highest BCUT2D eigenvalue weighted by atomic mass is 16.1. The van der Waals surface area contributed by atoms with Crippen molar-refractivity contribution in [3.8, 4) is 0 Å². The molecular formula is C23H20NO2+. The Bertz CT molecular complexity index is 999. The smallest absolute Gasteiger partial charge is 0.191 e. The standard InChI is InChI=1S/C23H20NO2/c25-22-16-11-7-8-12(10-11)17(16)23(26)20-19(22)18-13-4-3-5-14(13)21(20)24-9-2-1-6-15(18)24/h1-4,6-9,11-14,16-18,21H,5,10H2/q+1. The maximum atomic E-state index is 13.7. The van der Waals surface area contributed by atoms with E-state index in [1.807, 2.05) is 0 Å². The van der Waals surface area contributed by atoms with Gasteiger partial charge in [0.15, 0.2) is 29.5 Å². The molecule has 1 fully saturated rings. The Kier molecular flexibility index (Phi) is 2.31. The first-order valence-electron chi connectivity index (χ1n) is 9.93. The van der Waals surface area contributed by atoms with Crippen molar-refractivity contribution in [1.29, 1.82) is 0 Å². The van der Waals surface area contributed by atoms with Gasteiger partial charge in [0.25, 0.3) is 0 Å². The molecule has 0 spiro atoms. The van der Waals surface area contributed by atoms with E-state index in [4.69, 9.17) is 0 Å². The van der Waals surface area contributed by atoms with Gasteiger partial charge in [-0.2, -0.15) is 4.57 Å². The predicted molar refractivity (Wildman–Crippen MR) is 93.9 cm³/mol. The van der Waals surface area contributed by atoms with E-state index in [2.05, 4.69) is 53.3 Å². The van der Waals surface area contributed by atoms with Gasteiger partial charge in [-0.25, -0.2) is 0 Å². The minimum atomic E-state index is -0.0869. The number of aromatic nitrogens is 1. The molecule has 0 aromatic carbocycles. The predicted octanol–water partition coefficient (Wildman–Crippen LogP) is 2.71. The number of hydrogen-bond donors (Lipinski definition) is 0. The van der Waals surface area contributed by atoms with Crippen LogP contribution < -0.4 is 4.57 Å². The van der Waals surface area contributed by atoms with Crippen LogP contribution in [0.1, 0.15) is 30.5 Å². The van der Waals surface area contributed by atoms with Gasteiger partial charge in [-0.05, 0) is 24.7 Å². The number of hydrogen-bond acceptors (Lipinski definition) is 2. The summed E-state index contributed by atoms with van der Waals surface area (Å²) in [5.41, 5.74) is 3.00. The van der Waals surface area contributed by atoms with Crippen LogP contribution in [0.15, 0.2) is 59.8 Å². The van der Waals surface area contributed by atoms with Gasteiger partial charge in [-0.1, -0.05) is 30.4 Å².